The van der Waals surface area contributed by atoms with Crippen molar-refractivity contribution in [2.45, 2.75) is 25.3 Å². The highest BCUT2D eigenvalue weighted by molar-refractivity contribution is 7.89. The molecule has 172 valence electrons. The molecule has 9 heteroatoms. The summed E-state index contributed by atoms with van der Waals surface area (Å²) >= 11 is 0. The molecule has 0 unspecified atom stereocenters. The summed E-state index contributed by atoms with van der Waals surface area (Å²) in [5.41, 5.74) is 1.19. The van der Waals surface area contributed by atoms with Crippen LogP contribution in [0.15, 0.2) is 53.4 Å². The Hall–Kier alpha value is -2.62. The molecule has 2 aromatic carbocycles. The minimum atomic E-state index is -3.66. The molecule has 1 heterocycles. The summed E-state index contributed by atoms with van der Waals surface area (Å²) in [6.07, 6.45) is 0. The SMILES string of the molecule is CCN(Cc1cccc(F)c1)C(=O)CN1CCN(S(=O)(=O)c2ccc(C(C)=O)cc2)CC1. The molecular formula is C23H28FN3O4S. The third-order valence-electron chi connectivity index (χ3n) is 5.59. The fourth-order valence-corrected chi connectivity index (χ4v) is 5.08. The first kappa shape index (κ1) is 24.0. The van der Waals surface area contributed by atoms with Gasteiger partial charge in [0.05, 0.1) is 11.4 Å². The first-order chi connectivity index (χ1) is 15.2. The van der Waals surface area contributed by atoms with Crippen molar-refractivity contribution in [1.82, 2.24) is 14.1 Å². The van der Waals surface area contributed by atoms with Crippen LogP contribution in [0.1, 0.15) is 29.8 Å². The minimum absolute atomic E-state index is 0.0760. The molecule has 0 atom stereocenters. The topological polar surface area (TPSA) is 78.0 Å². The van der Waals surface area contributed by atoms with Gasteiger partial charge in [0.2, 0.25) is 15.9 Å². The van der Waals surface area contributed by atoms with Crippen molar-refractivity contribution >= 4 is 21.7 Å². The number of nitrogens with zero attached hydrogens (tertiary/aromatic N) is 3. The van der Waals surface area contributed by atoms with E-state index < -0.39 is 10.0 Å². The highest BCUT2D eigenvalue weighted by Gasteiger charge is 2.29. The summed E-state index contributed by atoms with van der Waals surface area (Å²) in [6, 6.07) is 12.1. The van der Waals surface area contributed by atoms with Crippen LogP contribution in [0.3, 0.4) is 0 Å². The van der Waals surface area contributed by atoms with E-state index in [9.17, 15) is 22.4 Å². The van der Waals surface area contributed by atoms with Crippen LogP contribution in [0.25, 0.3) is 0 Å². The van der Waals surface area contributed by atoms with E-state index in [4.69, 9.17) is 0 Å². The van der Waals surface area contributed by atoms with Crippen LogP contribution in [0, 0.1) is 5.82 Å². The Balaban J connectivity index is 1.56. The van der Waals surface area contributed by atoms with E-state index in [1.807, 2.05) is 11.8 Å². The van der Waals surface area contributed by atoms with Crippen LogP contribution < -0.4 is 0 Å². The van der Waals surface area contributed by atoms with E-state index in [2.05, 4.69) is 0 Å². The number of rotatable bonds is 8. The number of ketones is 1. The standard InChI is InChI=1S/C23H28FN3O4S/c1-3-26(16-19-5-4-6-21(24)15-19)23(29)17-25-11-13-27(14-12-25)32(30,31)22-9-7-20(8-10-22)18(2)28/h4-10,15H,3,11-14,16-17H2,1-2H3. The normalized spacial score (nSPS) is 15.5. The van der Waals surface area contributed by atoms with Crippen LogP contribution in [-0.2, 0) is 21.4 Å². The van der Waals surface area contributed by atoms with Gasteiger partial charge in [-0.05, 0) is 43.7 Å². The van der Waals surface area contributed by atoms with Crippen molar-refractivity contribution in [1.29, 1.82) is 0 Å². The fourth-order valence-electron chi connectivity index (χ4n) is 3.66. The lowest BCUT2D eigenvalue weighted by atomic mass is 10.2. The number of hydrogen-bond acceptors (Lipinski definition) is 5. The molecule has 0 aliphatic carbocycles. The third kappa shape index (κ3) is 5.79. The number of likely N-dealkylation sites (N-methyl/N-ethyl adjacent to an activating group) is 1. The zero-order chi connectivity index (χ0) is 23.3. The van der Waals surface area contributed by atoms with Crippen molar-refractivity contribution in [2.24, 2.45) is 0 Å². The molecule has 32 heavy (non-hydrogen) atoms. The lowest BCUT2D eigenvalue weighted by molar-refractivity contribution is -0.133. The molecule has 0 saturated carbocycles. The van der Waals surface area contributed by atoms with Gasteiger partial charge in [-0.3, -0.25) is 14.5 Å². The zero-order valence-electron chi connectivity index (χ0n) is 18.3. The summed E-state index contributed by atoms with van der Waals surface area (Å²) in [5.74, 6) is -0.530. The van der Waals surface area contributed by atoms with Gasteiger partial charge in [-0.25, -0.2) is 12.8 Å². The second-order valence-corrected chi connectivity index (χ2v) is 9.74. The van der Waals surface area contributed by atoms with Crippen molar-refractivity contribution in [3.8, 4) is 0 Å². The molecule has 7 nitrogen and oxygen atoms in total. The number of carbonyl (C=O) groups excluding carboxylic acids is 2. The fraction of sp³-hybridized carbons (Fsp3) is 0.391. The number of sulfonamides is 1. The average Bonchev–Trinajstić information content (AvgIpc) is 2.78. The molecule has 0 N–H and O–H groups in total. The first-order valence-electron chi connectivity index (χ1n) is 10.6. The second-order valence-electron chi connectivity index (χ2n) is 7.80. The van der Waals surface area contributed by atoms with Gasteiger partial charge in [-0.2, -0.15) is 4.31 Å². The minimum Gasteiger partial charge on any atom is -0.338 e. The number of amides is 1. The van der Waals surface area contributed by atoms with E-state index in [0.717, 1.165) is 5.56 Å². The Bertz CT molecular complexity index is 1060. The summed E-state index contributed by atoms with van der Waals surface area (Å²) in [4.78, 5) is 27.9. The monoisotopic (exact) mass is 461 g/mol. The maximum absolute atomic E-state index is 13.4. The molecule has 1 amide bonds. The van der Waals surface area contributed by atoms with Crippen molar-refractivity contribution < 1.29 is 22.4 Å². The molecule has 1 aliphatic rings. The smallest absolute Gasteiger partial charge is 0.243 e. The van der Waals surface area contributed by atoms with Gasteiger partial charge < -0.3 is 4.90 Å². The molecule has 1 fully saturated rings. The molecule has 1 aliphatic heterocycles. The van der Waals surface area contributed by atoms with Crippen LogP contribution in [0.5, 0.6) is 0 Å². The first-order valence-corrected chi connectivity index (χ1v) is 12.0. The lowest BCUT2D eigenvalue weighted by Gasteiger charge is -2.34. The van der Waals surface area contributed by atoms with Crippen LogP contribution in [0.4, 0.5) is 4.39 Å². The van der Waals surface area contributed by atoms with Gasteiger partial charge in [0.1, 0.15) is 5.82 Å². The number of benzene rings is 2. The molecule has 0 bridgehead atoms. The highest BCUT2D eigenvalue weighted by Crippen LogP contribution is 2.19. The Labute approximate surface area is 188 Å². The number of carbonyl (C=O) groups is 2. The molecule has 1 saturated heterocycles. The van der Waals surface area contributed by atoms with Crippen molar-refractivity contribution in [3.05, 3.63) is 65.5 Å². The van der Waals surface area contributed by atoms with Crippen molar-refractivity contribution in [2.75, 3.05) is 39.3 Å². The predicted molar refractivity (Wildman–Crippen MR) is 119 cm³/mol. The lowest BCUT2D eigenvalue weighted by Crippen LogP contribution is -2.51. The van der Waals surface area contributed by atoms with Gasteiger partial charge in [-0.1, -0.05) is 24.3 Å². The van der Waals surface area contributed by atoms with Crippen LogP contribution >= 0.6 is 0 Å². The summed E-state index contributed by atoms with van der Waals surface area (Å²) < 4.78 is 40.6. The maximum Gasteiger partial charge on any atom is 0.243 e. The van der Waals surface area contributed by atoms with E-state index in [1.54, 1.807) is 17.0 Å². The summed E-state index contributed by atoms with van der Waals surface area (Å²) in [7, 11) is -3.66. The Morgan fingerprint density at radius 1 is 1.03 bits per heavy atom. The largest absolute Gasteiger partial charge is 0.338 e. The Morgan fingerprint density at radius 3 is 2.25 bits per heavy atom. The number of piperazine rings is 1. The summed E-state index contributed by atoms with van der Waals surface area (Å²) in [5, 5.41) is 0. The molecule has 2 aromatic rings. The Kier molecular flexibility index (Phi) is 7.76. The molecule has 0 radical (unpaired) electrons. The molecule has 0 aromatic heterocycles. The maximum atomic E-state index is 13.4. The molecule has 3 rings (SSSR count). The Morgan fingerprint density at radius 2 is 1.69 bits per heavy atom. The van der Waals surface area contributed by atoms with Gasteiger partial charge in [0.15, 0.2) is 5.78 Å². The number of hydrogen-bond donors (Lipinski definition) is 0. The van der Waals surface area contributed by atoms with E-state index in [-0.39, 0.29) is 42.0 Å². The zero-order valence-corrected chi connectivity index (χ0v) is 19.1. The number of halogens is 1. The van der Waals surface area contributed by atoms with E-state index in [1.165, 1.54) is 47.6 Å². The third-order valence-corrected chi connectivity index (χ3v) is 7.50. The van der Waals surface area contributed by atoms with Gasteiger partial charge in [0, 0.05) is 44.8 Å². The van der Waals surface area contributed by atoms with Gasteiger partial charge in [-0.15, -0.1) is 0 Å². The van der Waals surface area contributed by atoms with E-state index in [0.29, 0.717) is 31.7 Å². The van der Waals surface area contributed by atoms with Crippen molar-refractivity contribution in [3.63, 3.8) is 0 Å². The summed E-state index contributed by atoms with van der Waals surface area (Å²) in [6.45, 7) is 5.76. The highest BCUT2D eigenvalue weighted by atomic mass is 32.2. The quantitative estimate of drug-likeness (QED) is 0.564. The second kappa shape index (κ2) is 10.3. The predicted octanol–water partition coefficient (Wildman–Crippen LogP) is 2.38. The van der Waals surface area contributed by atoms with Crippen LogP contribution in [0.2, 0.25) is 0 Å². The average molecular weight is 462 g/mol. The molecular weight excluding hydrogens is 433 g/mol. The van der Waals surface area contributed by atoms with E-state index >= 15 is 0 Å². The number of Topliss-reactive ketones (excluding diaryl/α,β-unsaturated/α-hetero) is 1. The van der Waals surface area contributed by atoms with Gasteiger partial charge >= 0.3 is 0 Å². The molecule has 0 spiro atoms. The van der Waals surface area contributed by atoms with Gasteiger partial charge in [0.25, 0.3) is 0 Å². The van der Waals surface area contributed by atoms with Crippen LogP contribution in [-0.4, -0.2) is 73.5 Å².